The minimum atomic E-state index is -3.37. The smallest absolute Gasteiger partial charge is 0.281 e. The molecule has 0 saturated carbocycles. The Morgan fingerprint density at radius 3 is 2.72 bits per heavy atom. The zero-order valence-corrected chi connectivity index (χ0v) is 17.2. The van der Waals surface area contributed by atoms with Crippen molar-refractivity contribution in [2.45, 2.75) is 44.4 Å². The highest BCUT2D eigenvalue weighted by Gasteiger charge is 2.48. The van der Waals surface area contributed by atoms with Crippen LogP contribution in [0.15, 0.2) is 48.8 Å². The van der Waals surface area contributed by atoms with Crippen molar-refractivity contribution >= 4 is 0 Å². The quantitative estimate of drug-likeness (QED) is 0.496. The largest absolute Gasteiger partial charge is 0.382 e. The molecule has 0 spiro atoms. The second kappa shape index (κ2) is 8.36. The van der Waals surface area contributed by atoms with Crippen molar-refractivity contribution in [2.24, 2.45) is 0 Å². The molecule has 1 aliphatic rings. The number of hydrogen-bond donors (Lipinski definition) is 1. The van der Waals surface area contributed by atoms with Gasteiger partial charge in [0.05, 0.1) is 11.6 Å². The van der Waals surface area contributed by atoms with Gasteiger partial charge in [0.25, 0.3) is 5.92 Å². The maximum Gasteiger partial charge on any atom is 0.281 e. The molecular weight excluding hydrogens is 420 g/mol. The lowest BCUT2D eigenvalue weighted by molar-refractivity contribution is -0.0966. The number of halogens is 4. The summed E-state index contributed by atoms with van der Waals surface area (Å²) in [6.07, 6.45) is -1.04. The van der Waals surface area contributed by atoms with E-state index in [0.717, 1.165) is 12.1 Å². The first-order valence-electron chi connectivity index (χ1n) is 10.2. The third-order valence-electron chi connectivity index (χ3n) is 5.95. The third-order valence-corrected chi connectivity index (χ3v) is 5.95. The van der Waals surface area contributed by atoms with Crippen molar-refractivity contribution in [3.8, 4) is 17.2 Å². The lowest BCUT2D eigenvalue weighted by Gasteiger charge is -2.18. The van der Waals surface area contributed by atoms with Crippen molar-refractivity contribution in [3.05, 3.63) is 88.0 Å². The summed E-state index contributed by atoms with van der Waals surface area (Å²) in [5.74, 6) is -4.10. The maximum absolute atomic E-state index is 14.6. The molecule has 4 rings (SSSR count). The average molecular weight is 440 g/mol. The highest BCUT2D eigenvalue weighted by molar-refractivity contribution is 5.71. The first-order chi connectivity index (χ1) is 15.3. The lowest BCUT2D eigenvalue weighted by Crippen LogP contribution is -2.21. The first kappa shape index (κ1) is 22.0. The Morgan fingerprint density at radius 2 is 2.06 bits per heavy atom. The number of hydrogen-bond acceptors (Lipinski definition) is 3. The Balaban J connectivity index is 1.89. The van der Waals surface area contributed by atoms with E-state index < -0.39 is 30.4 Å². The molecule has 7 heteroatoms. The van der Waals surface area contributed by atoms with Gasteiger partial charge in [-0.1, -0.05) is 25.1 Å². The Bertz CT molecular complexity index is 1200. The van der Waals surface area contributed by atoms with Gasteiger partial charge in [0.1, 0.15) is 18.1 Å². The van der Waals surface area contributed by atoms with Gasteiger partial charge >= 0.3 is 0 Å². The third kappa shape index (κ3) is 3.76. The highest BCUT2D eigenvalue weighted by Crippen LogP contribution is 2.48. The van der Waals surface area contributed by atoms with E-state index in [0.29, 0.717) is 16.7 Å². The van der Waals surface area contributed by atoms with Gasteiger partial charge in [0.15, 0.2) is 0 Å². The summed E-state index contributed by atoms with van der Waals surface area (Å²) in [5, 5.41) is 19.9. The second-order valence-corrected chi connectivity index (χ2v) is 7.93. The van der Waals surface area contributed by atoms with Crippen LogP contribution in [0, 0.1) is 17.1 Å². The van der Waals surface area contributed by atoms with E-state index in [4.69, 9.17) is 0 Å². The summed E-state index contributed by atoms with van der Waals surface area (Å²) in [6.45, 7) is 1.60. The van der Waals surface area contributed by atoms with Crippen LogP contribution in [-0.4, -0.2) is 16.0 Å². The van der Waals surface area contributed by atoms with E-state index in [1.807, 2.05) is 6.07 Å². The number of aromatic nitrogens is 1. The number of alkyl halides is 3. The van der Waals surface area contributed by atoms with E-state index in [1.54, 1.807) is 37.4 Å². The summed E-state index contributed by atoms with van der Waals surface area (Å²) in [4.78, 5) is 4.03. The molecule has 1 aliphatic carbocycles. The average Bonchev–Trinajstić information content (AvgIpc) is 3.04. The van der Waals surface area contributed by atoms with Crippen molar-refractivity contribution in [1.82, 2.24) is 4.98 Å². The van der Waals surface area contributed by atoms with Gasteiger partial charge in [0, 0.05) is 24.4 Å². The van der Waals surface area contributed by atoms with Crippen molar-refractivity contribution in [3.63, 3.8) is 0 Å². The molecule has 0 aliphatic heterocycles. The van der Waals surface area contributed by atoms with Gasteiger partial charge in [-0.15, -0.1) is 0 Å². The molecule has 2 aromatic carbocycles. The molecule has 3 aromatic rings. The molecule has 0 saturated heterocycles. The Kier molecular flexibility index (Phi) is 5.74. The normalized spacial score (nSPS) is 17.6. The van der Waals surface area contributed by atoms with Crippen LogP contribution in [0.5, 0.6) is 0 Å². The van der Waals surface area contributed by atoms with Crippen LogP contribution in [0.1, 0.15) is 59.0 Å². The Hall–Kier alpha value is -3.24. The summed E-state index contributed by atoms with van der Waals surface area (Å²) < 4.78 is 57.8. The Morgan fingerprint density at radius 1 is 1.28 bits per heavy atom. The molecule has 2 atom stereocenters. The number of aliphatic hydroxyl groups excluding tert-OH is 1. The number of rotatable bonds is 5. The molecular formula is C25H20F4N2O. The van der Waals surface area contributed by atoms with Gasteiger partial charge < -0.3 is 5.11 Å². The molecule has 2 unspecified atom stereocenters. The summed E-state index contributed by atoms with van der Waals surface area (Å²) >= 11 is 0. The van der Waals surface area contributed by atoms with Crippen LogP contribution < -0.4 is 0 Å². The minimum absolute atomic E-state index is 0.0304. The molecule has 164 valence electrons. The highest BCUT2D eigenvalue weighted by atomic mass is 19.3. The van der Waals surface area contributed by atoms with Gasteiger partial charge in [-0.2, -0.15) is 5.26 Å². The number of aliphatic hydroxyl groups is 1. The molecule has 3 nitrogen and oxygen atoms in total. The number of nitriles is 1. The fourth-order valence-electron chi connectivity index (χ4n) is 4.36. The standard InChI is InChI=1S/C25H20F4N2O/c1-2-22(27)20-10-17(26)8-16(12-30)19(20)9-14-5-6-18(15-4-3-7-31-13-15)23-21(14)11-25(28,29)24(23)32/h3-8,10,13,22,24,32H,2,9,11H2,1H3. The molecule has 0 bridgehead atoms. The molecule has 0 amide bonds. The lowest BCUT2D eigenvalue weighted by atomic mass is 9.87. The number of pyridine rings is 1. The topological polar surface area (TPSA) is 56.9 Å². The molecule has 1 N–H and O–H groups in total. The number of fused-ring (bicyclic) bond motifs is 1. The van der Waals surface area contributed by atoms with Crippen LogP contribution in [0.25, 0.3) is 11.1 Å². The Labute approximate surface area is 183 Å². The van der Waals surface area contributed by atoms with Gasteiger partial charge in [-0.05, 0) is 64.4 Å². The fraction of sp³-hybridized carbons (Fsp3) is 0.280. The predicted molar refractivity (Wildman–Crippen MR) is 111 cm³/mol. The zero-order valence-electron chi connectivity index (χ0n) is 17.2. The maximum atomic E-state index is 14.6. The van der Waals surface area contributed by atoms with E-state index in [2.05, 4.69) is 4.98 Å². The summed E-state index contributed by atoms with van der Waals surface area (Å²) in [7, 11) is 0. The van der Waals surface area contributed by atoms with E-state index in [9.17, 15) is 27.9 Å². The predicted octanol–water partition coefficient (Wildman–Crippen LogP) is 6.00. The minimum Gasteiger partial charge on any atom is -0.382 e. The van der Waals surface area contributed by atoms with Crippen LogP contribution in [0.2, 0.25) is 0 Å². The van der Waals surface area contributed by atoms with Crippen molar-refractivity contribution in [1.29, 1.82) is 5.26 Å². The van der Waals surface area contributed by atoms with E-state index >= 15 is 0 Å². The molecule has 1 heterocycles. The van der Waals surface area contributed by atoms with E-state index in [1.165, 1.54) is 6.20 Å². The van der Waals surface area contributed by atoms with Gasteiger partial charge in [-0.3, -0.25) is 4.98 Å². The van der Waals surface area contributed by atoms with Crippen LogP contribution >= 0.6 is 0 Å². The molecule has 0 radical (unpaired) electrons. The molecule has 32 heavy (non-hydrogen) atoms. The SMILES string of the molecule is CCC(F)c1cc(F)cc(C#N)c1Cc1ccc(-c2cccnc2)c2c1CC(F)(F)C2O. The van der Waals surface area contributed by atoms with Gasteiger partial charge in [0.2, 0.25) is 0 Å². The molecule has 1 aromatic heterocycles. The molecule has 0 fully saturated rings. The van der Waals surface area contributed by atoms with E-state index in [-0.39, 0.29) is 40.7 Å². The van der Waals surface area contributed by atoms with Crippen molar-refractivity contribution in [2.75, 3.05) is 0 Å². The van der Waals surface area contributed by atoms with Crippen LogP contribution in [0.4, 0.5) is 17.6 Å². The fourth-order valence-corrected chi connectivity index (χ4v) is 4.36. The van der Waals surface area contributed by atoms with Gasteiger partial charge in [-0.25, -0.2) is 17.6 Å². The van der Waals surface area contributed by atoms with Crippen LogP contribution in [0.3, 0.4) is 0 Å². The monoisotopic (exact) mass is 440 g/mol. The number of nitrogens with zero attached hydrogens (tertiary/aromatic N) is 2. The zero-order chi connectivity index (χ0) is 23.0. The first-order valence-corrected chi connectivity index (χ1v) is 10.2. The number of benzene rings is 2. The summed E-state index contributed by atoms with van der Waals surface area (Å²) in [6, 6.07) is 10.6. The summed E-state index contributed by atoms with van der Waals surface area (Å²) in [5.41, 5.74) is 2.11. The second-order valence-electron chi connectivity index (χ2n) is 7.93. The van der Waals surface area contributed by atoms with Crippen LogP contribution in [-0.2, 0) is 12.8 Å². The van der Waals surface area contributed by atoms with Crippen molar-refractivity contribution < 1.29 is 22.7 Å².